The Morgan fingerprint density at radius 2 is 1.94 bits per heavy atom. The Bertz CT molecular complexity index is 1150. The molecule has 31 heavy (non-hydrogen) atoms. The Kier molecular flexibility index (Phi) is 6.59. The summed E-state index contributed by atoms with van der Waals surface area (Å²) in [5.74, 6) is 1.45. The summed E-state index contributed by atoms with van der Waals surface area (Å²) in [5.41, 5.74) is 2.46. The number of pyridine rings is 1. The summed E-state index contributed by atoms with van der Waals surface area (Å²) in [6, 6.07) is 20.9. The van der Waals surface area contributed by atoms with E-state index in [0.717, 1.165) is 17.0 Å². The number of carbonyl (C=O) groups excluding carboxylic acids is 1. The van der Waals surface area contributed by atoms with Crippen molar-refractivity contribution >= 4 is 23.4 Å². The lowest BCUT2D eigenvalue weighted by molar-refractivity contribution is -0.113. The zero-order chi connectivity index (χ0) is 21.5. The maximum Gasteiger partial charge on any atom is 0.234 e. The fraction of sp³-hybridized carbons (Fsp3) is 0.130. The maximum atomic E-state index is 12.5. The quantitative estimate of drug-likeness (QED) is 0.415. The predicted octanol–water partition coefficient (Wildman–Crippen LogP) is 4.46. The van der Waals surface area contributed by atoms with Crippen molar-refractivity contribution in [1.29, 1.82) is 0 Å². The molecule has 4 aromatic rings. The summed E-state index contributed by atoms with van der Waals surface area (Å²) in [6.45, 7) is 2.49. The van der Waals surface area contributed by atoms with E-state index >= 15 is 0 Å². The number of rotatable bonds is 8. The zero-order valence-electron chi connectivity index (χ0n) is 16.9. The summed E-state index contributed by atoms with van der Waals surface area (Å²) >= 11 is 1.32. The number of amides is 1. The van der Waals surface area contributed by atoms with E-state index in [2.05, 4.69) is 20.5 Å². The number of nitrogens with one attached hydrogen (secondary N) is 1. The molecule has 2 aromatic heterocycles. The van der Waals surface area contributed by atoms with Gasteiger partial charge in [0.15, 0.2) is 11.0 Å². The fourth-order valence-electron chi connectivity index (χ4n) is 3.01. The van der Waals surface area contributed by atoms with Crippen LogP contribution >= 0.6 is 11.8 Å². The lowest BCUT2D eigenvalue weighted by Gasteiger charge is -2.10. The summed E-state index contributed by atoms with van der Waals surface area (Å²) in [6.07, 6.45) is 3.46. The second-order valence-electron chi connectivity index (χ2n) is 6.52. The van der Waals surface area contributed by atoms with E-state index in [1.807, 2.05) is 72.2 Å². The Labute approximate surface area is 184 Å². The normalized spacial score (nSPS) is 10.6. The molecule has 2 heterocycles. The number of hydrogen-bond acceptors (Lipinski definition) is 6. The third kappa shape index (κ3) is 5.10. The lowest BCUT2D eigenvalue weighted by Crippen LogP contribution is -2.14. The van der Waals surface area contributed by atoms with Crippen molar-refractivity contribution in [3.05, 3.63) is 79.1 Å². The molecule has 8 heteroatoms. The summed E-state index contributed by atoms with van der Waals surface area (Å²) in [4.78, 5) is 16.7. The number of nitrogens with zero attached hydrogens (tertiary/aromatic N) is 4. The first kappa shape index (κ1) is 20.6. The largest absolute Gasteiger partial charge is 0.494 e. The number of hydrogen-bond donors (Lipinski definition) is 1. The minimum absolute atomic E-state index is 0.135. The number of para-hydroxylation sites is 1. The van der Waals surface area contributed by atoms with Crippen LogP contribution in [-0.4, -0.2) is 38.0 Å². The van der Waals surface area contributed by atoms with E-state index in [1.54, 1.807) is 18.5 Å². The van der Waals surface area contributed by atoms with Crippen LogP contribution < -0.4 is 10.1 Å². The topological polar surface area (TPSA) is 81.9 Å². The van der Waals surface area contributed by atoms with Crippen molar-refractivity contribution in [2.75, 3.05) is 17.7 Å². The molecule has 0 unspecified atom stereocenters. The molecule has 0 aliphatic heterocycles. The first-order valence-electron chi connectivity index (χ1n) is 9.81. The van der Waals surface area contributed by atoms with Crippen LogP contribution in [0.15, 0.2) is 84.3 Å². The van der Waals surface area contributed by atoms with Crippen LogP contribution in [0.2, 0.25) is 0 Å². The molecule has 4 rings (SSSR count). The van der Waals surface area contributed by atoms with Gasteiger partial charge in [-0.25, -0.2) is 0 Å². The highest BCUT2D eigenvalue weighted by Crippen LogP contribution is 2.27. The molecule has 0 aliphatic rings. The molecule has 0 fully saturated rings. The second-order valence-corrected chi connectivity index (χ2v) is 7.46. The molecular weight excluding hydrogens is 410 g/mol. The fourth-order valence-corrected chi connectivity index (χ4v) is 3.76. The number of carbonyl (C=O) groups is 1. The molecule has 1 N–H and O–H groups in total. The Balaban J connectivity index is 1.53. The standard InChI is InChI=1S/C23H21N5O2S/c1-2-30-20-12-6-9-18(14-20)25-21(29)16-31-23-27-26-22(17-8-7-13-24-15-17)28(23)19-10-4-3-5-11-19/h3-15H,2,16H2,1H3,(H,25,29). The molecule has 2 aromatic carbocycles. The highest BCUT2D eigenvalue weighted by atomic mass is 32.2. The van der Waals surface area contributed by atoms with E-state index in [4.69, 9.17) is 4.74 Å². The first-order chi connectivity index (χ1) is 15.2. The van der Waals surface area contributed by atoms with Gasteiger partial charge in [0.2, 0.25) is 5.91 Å². The van der Waals surface area contributed by atoms with Crippen molar-refractivity contribution in [2.24, 2.45) is 0 Å². The van der Waals surface area contributed by atoms with Gasteiger partial charge in [0, 0.05) is 35.4 Å². The minimum Gasteiger partial charge on any atom is -0.494 e. The third-order valence-electron chi connectivity index (χ3n) is 4.33. The summed E-state index contributed by atoms with van der Waals surface area (Å²) < 4.78 is 7.42. The Hall–Kier alpha value is -3.65. The van der Waals surface area contributed by atoms with Crippen molar-refractivity contribution in [1.82, 2.24) is 19.7 Å². The first-order valence-corrected chi connectivity index (χ1v) is 10.8. The molecule has 7 nitrogen and oxygen atoms in total. The van der Waals surface area contributed by atoms with E-state index in [1.165, 1.54) is 11.8 Å². The Morgan fingerprint density at radius 3 is 2.71 bits per heavy atom. The van der Waals surface area contributed by atoms with Gasteiger partial charge in [-0.3, -0.25) is 14.3 Å². The Morgan fingerprint density at radius 1 is 1.06 bits per heavy atom. The van der Waals surface area contributed by atoms with Crippen LogP contribution in [0.5, 0.6) is 5.75 Å². The predicted molar refractivity (Wildman–Crippen MR) is 122 cm³/mol. The zero-order valence-corrected chi connectivity index (χ0v) is 17.7. The SMILES string of the molecule is CCOc1cccc(NC(=O)CSc2nnc(-c3cccnc3)n2-c2ccccc2)c1. The molecule has 0 saturated heterocycles. The molecule has 0 spiro atoms. The van der Waals surface area contributed by atoms with Crippen LogP contribution in [0.4, 0.5) is 5.69 Å². The number of thioether (sulfide) groups is 1. The molecular formula is C23H21N5O2S. The van der Waals surface area contributed by atoms with Gasteiger partial charge in [0.05, 0.1) is 12.4 Å². The number of benzene rings is 2. The van der Waals surface area contributed by atoms with E-state index in [0.29, 0.717) is 23.3 Å². The average Bonchev–Trinajstić information content (AvgIpc) is 3.23. The number of anilines is 1. The van der Waals surface area contributed by atoms with Crippen molar-refractivity contribution < 1.29 is 9.53 Å². The molecule has 0 aliphatic carbocycles. The smallest absolute Gasteiger partial charge is 0.234 e. The van der Waals surface area contributed by atoms with Crippen LogP contribution in [-0.2, 0) is 4.79 Å². The van der Waals surface area contributed by atoms with Crippen molar-refractivity contribution in [3.63, 3.8) is 0 Å². The van der Waals surface area contributed by atoms with Crippen LogP contribution in [0.3, 0.4) is 0 Å². The minimum atomic E-state index is -0.135. The second kappa shape index (κ2) is 9.90. The van der Waals surface area contributed by atoms with Gasteiger partial charge in [-0.05, 0) is 43.3 Å². The van der Waals surface area contributed by atoms with E-state index in [-0.39, 0.29) is 11.7 Å². The van der Waals surface area contributed by atoms with Gasteiger partial charge in [-0.2, -0.15) is 0 Å². The molecule has 0 bridgehead atoms. The molecule has 156 valence electrons. The average molecular weight is 432 g/mol. The van der Waals surface area contributed by atoms with Gasteiger partial charge < -0.3 is 10.1 Å². The lowest BCUT2D eigenvalue weighted by atomic mass is 10.2. The summed E-state index contributed by atoms with van der Waals surface area (Å²) in [7, 11) is 0. The molecule has 1 amide bonds. The number of aromatic nitrogens is 4. The highest BCUT2D eigenvalue weighted by Gasteiger charge is 2.17. The van der Waals surface area contributed by atoms with Crippen LogP contribution in [0, 0.1) is 0 Å². The van der Waals surface area contributed by atoms with Gasteiger partial charge in [0.1, 0.15) is 5.75 Å². The maximum absolute atomic E-state index is 12.5. The van der Waals surface area contributed by atoms with Crippen molar-refractivity contribution in [3.8, 4) is 22.8 Å². The number of ether oxygens (including phenoxy) is 1. The van der Waals surface area contributed by atoms with E-state index < -0.39 is 0 Å². The van der Waals surface area contributed by atoms with Gasteiger partial charge in [-0.15, -0.1) is 10.2 Å². The van der Waals surface area contributed by atoms with Crippen molar-refractivity contribution in [2.45, 2.75) is 12.1 Å². The molecule has 0 radical (unpaired) electrons. The van der Waals surface area contributed by atoms with Crippen LogP contribution in [0.1, 0.15) is 6.92 Å². The highest BCUT2D eigenvalue weighted by molar-refractivity contribution is 7.99. The van der Waals surface area contributed by atoms with Gasteiger partial charge >= 0.3 is 0 Å². The molecule has 0 saturated carbocycles. The van der Waals surface area contributed by atoms with E-state index in [9.17, 15) is 4.79 Å². The van der Waals surface area contributed by atoms with Gasteiger partial charge in [0.25, 0.3) is 0 Å². The van der Waals surface area contributed by atoms with Gasteiger partial charge in [-0.1, -0.05) is 36.0 Å². The molecule has 0 atom stereocenters. The third-order valence-corrected chi connectivity index (χ3v) is 5.26. The monoisotopic (exact) mass is 431 g/mol. The van der Waals surface area contributed by atoms with Crippen LogP contribution in [0.25, 0.3) is 17.1 Å². The summed E-state index contributed by atoms with van der Waals surface area (Å²) in [5, 5.41) is 12.2.